The van der Waals surface area contributed by atoms with Gasteiger partial charge in [0.05, 0.1) is 14.2 Å². The molecule has 2 aromatic rings. The number of carbonyl (C=O) groups is 1. The molecule has 0 aliphatic carbocycles. The predicted molar refractivity (Wildman–Crippen MR) is 93.1 cm³/mol. The van der Waals surface area contributed by atoms with E-state index in [1.807, 2.05) is 44.2 Å². The molecule has 1 amide bonds. The number of carbonyl (C=O) groups excluding carboxylic acids is 1. The molecule has 0 saturated carbocycles. The van der Waals surface area contributed by atoms with Crippen LogP contribution in [0.1, 0.15) is 16.7 Å². The van der Waals surface area contributed by atoms with Crippen LogP contribution in [0, 0.1) is 13.8 Å². The smallest absolute Gasteiger partial charge is 0.248 e. The second-order valence-electron chi connectivity index (χ2n) is 5.29. The Bertz CT molecular complexity index is 713. The minimum atomic E-state index is -0.182. The molecule has 0 heterocycles. The highest BCUT2D eigenvalue weighted by molar-refractivity contribution is 6.02. The van der Waals surface area contributed by atoms with Gasteiger partial charge < -0.3 is 14.8 Å². The first kappa shape index (κ1) is 16.6. The third-order valence-electron chi connectivity index (χ3n) is 3.44. The molecule has 0 aliphatic rings. The minimum Gasteiger partial charge on any atom is -0.497 e. The van der Waals surface area contributed by atoms with Crippen LogP contribution in [0.25, 0.3) is 6.08 Å². The SMILES string of the molecule is COc1cc(/C=C/C(=O)Nc2ccc(C)cc2C)cc(OC)c1. The molecule has 0 radical (unpaired) electrons. The van der Waals surface area contributed by atoms with Gasteiger partial charge in [0, 0.05) is 17.8 Å². The maximum absolute atomic E-state index is 12.1. The average molecular weight is 311 g/mol. The molecule has 0 saturated heterocycles. The van der Waals surface area contributed by atoms with Crippen LogP contribution in [-0.4, -0.2) is 20.1 Å². The maximum atomic E-state index is 12.1. The second kappa shape index (κ2) is 7.49. The summed E-state index contributed by atoms with van der Waals surface area (Å²) < 4.78 is 10.4. The Labute approximate surface area is 136 Å². The number of rotatable bonds is 5. The van der Waals surface area contributed by atoms with Crippen LogP contribution in [-0.2, 0) is 4.79 Å². The van der Waals surface area contributed by atoms with E-state index >= 15 is 0 Å². The topological polar surface area (TPSA) is 47.6 Å². The van der Waals surface area contributed by atoms with E-state index in [1.165, 1.54) is 11.6 Å². The van der Waals surface area contributed by atoms with Crippen LogP contribution in [0.15, 0.2) is 42.5 Å². The molecule has 0 fully saturated rings. The van der Waals surface area contributed by atoms with Crippen molar-refractivity contribution in [3.63, 3.8) is 0 Å². The molecule has 23 heavy (non-hydrogen) atoms. The van der Waals surface area contributed by atoms with Crippen LogP contribution < -0.4 is 14.8 Å². The van der Waals surface area contributed by atoms with Crippen molar-refractivity contribution in [2.24, 2.45) is 0 Å². The molecule has 0 bridgehead atoms. The second-order valence-corrected chi connectivity index (χ2v) is 5.29. The Balaban J connectivity index is 2.11. The summed E-state index contributed by atoms with van der Waals surface area (Å²) in [7, 11) is 3.18. The first-order chi connectivity index (χ1) is 11.0. The Morgan fingerprint density at radius 2 is 1.65 bits per heavy atom. The Morgan fingerprint density at radius 1 is 1.00 bits per heavy atom. The van der Waals surface area contributed by atoms with E-state index in [0.29, 0.717) is 11.5 Å². The number of methoxy groups -OCH3 is 2. The lowest BCUT2D eigenvalue weighted by atomic mass is 10.1. The number of anilines is 1. The number of benzene rings is 2. The molecule has 120 valence electrons. The van der Waals surface area contributed by atoms with E-state index in [9.17, 15) is 4.79 Å². The van der Waals surface area contributed by atoms with E-state index in [1.54, 1.807) is 26.4 Å². The molecule has 0 aliphatic heterocycles. The van der Waals surface area contributed by atoms with Gasteiger partial charge in [0.1, 0.15) is 11.5 Å². The largest absolute Gasteiger partial charge is 0.497 e. The fraction of sp³-hybridized carbons (Fsp3) is 0.211. The van der Waals surface area contributed by atoms with Crippen molar-refractivity contribution >= 4 is 17.7 Å². The fourth-order valence-electron chi connectivity index (χ4n) is 2.23. The first-order valence-electron chi connectivity index (χ1n) is 7.31. The Kier molecular flexibility index (Phi) is 5.41. The normalized spacial score (nSPS) is 10.6. The average Bonchev–Trinajstić information content (AvgIpc) is 2.55. The summed E-state index contributed by atoms with van der Waals surface area (Å²) in [6.07, 6.45) is 3.22. The first-order valence-corrected chi connectivity index (χ1v) is 7.31. The lowest BCUT2D eigenvalue weighted by Gasteiger charge is -2.07. The quantitative estimate of drug-likeness (QED) is 0.850. The van der Waals surface area contributed by atoms with Crippen molar-refractivity contribution in [2.45, 2.75) is 13.8 Å². The van der Waals surface area contributed by atoms with Gasteiger partial charge in [-0.3, -0.25) is 4.79 Å². The van der Waals surface area contributed by atoms with Gasteiger partial charge in [-0.15, -0.1) is 0 Å². The van der Waals surface area contributed by atoms with Gasteiger partial charge >= 0.3 is 0 Å². The molecule has 0 atom stereocenters. The van der Waals surface area contributed by atoms with E-state index in [2.05, 4.69) is 5.32 Å². The maximum Gasteiger partial charge on any atom is 0.248 e. The van der Waals surface area contributed by atoms with E-state index in [4.69, 9.17) is 9.47 Å². The van der Waals surface area contributed by atoms with E-state index in [0.717, 1.165) is 16.8 Å². The third kappa shape index (κ3) is 4.61. The zero-order chi connectivity index (χ0) is 16.8. The molecule has 4 nitrogen and oxygen atoms in total. The van der Waals surface area contributed by atoms with Gasteiger partial charge in [-0.25, -0.2) is 0 Å². The van der Waals surface area contributed by atoms with E-state index < -0.39 is 0 Å². The van der Waals surface area contributed by atoms with Crippen molar-refractivity contribution < 1.29 is 14.3 Å². The molecule has 0 unspecified atom stereocenters. The molecule has 2 aromatic carbocycles. The summed E-state index contributed by atoms with van der Waals surface area (Å²) >= 11 is 0. The van der Waals surface area contributed by atoms with Gasteiger partial charge in [-0.05, 0) is 49.2 Å². The third-order valence-corrected chi connectivity index (χ3v) is 3.44. The van der Waals surface area contributed by atoms with Crippen LogP contribution in [0.5, 0.6) is 11.5 Å². The number of aryl methyl sites for hydroxylation is 2. The number of hydrogen-bond donors (Lipinski definition) is 1. The van der Waals surface area contributed by atoms with E-state index in [-0.39, 0.29) is 5.91 Å². The number of nitrogens with one attached hydrogen (secondary N) is 1. The zero-order valence-corrected chi connectivity index (χ0v) is 13.8. The van der Waals surface area contributed by atoms with Gasteiger partial charge in [0.2, 0.25) is 5.91 Å². The van der Waals surface area contributed by atoms with Crippen molar-refractivity contribution in [1.82, 2.24) is 0 Å². The highest BCUT2D eigenvalue weighted by Gasteiger charge is 2.03. The molecule has 1 N–H and O–H groups in total. The monoisotopic (exact) mass is 311 g/mol. The highest BCUT2D eigenvalue weighted by atomic mass is 16.5. The Morgan fingerprint density at radius 3 is 2.22 bits per heavy atom. The van der Waals surface area contributed by atoms with Gasteiger partial charge in [-0.1, -0.05) is 17.7 Å². The van der Waals surface area contributed by atoms with Crippen LogP contribution in [0.4, 0.5) is 5.69 Å². The summed E-state index contributed by atoms with van der Waals surface area (Å²) in [5.41, 5.74) is 3.85. The van der Waals surface area contributed by atoms with Crippen molar-refractivity contribution in [3.8, 4) is 11.5 Å². The predicted octanol–water partition coefficient (Wildman–Crippen LogP) is 3.97. The number of hydrogen-bond acceptors (Lipinski definition) is 3. The highest BCUT2D eigenvalue weighted by Crippen LogP contribution is 2.23. The number of amides is 1. The number of ether oxygens (including phenoxy) is 2. The summed E-state index contributed by atoms with van der Waals surface area (Å²) in [4.78, 5) is 12.1. The van der Waals surface area contributed by atoms with Crippen molar-refractivity contribution in [2.75, 3.05) is 19.5 Å². The zero-order valence-electron chi connectivity index (χ0n) is 13.8. The molecular formula is C19H21NO3. The lowest BCUT2D eigenvalue weighted by molar-refractivity contribution is -0.111. The van der Waals surface area contributed by atoms with Crippen molar-refractivity contribution in [3.05, 3.63) is 59.2 Å². The standard InChI is InChI=1S/C19H21NO3/c1-13-5-7-18(14(2)9-13)20-19(21)8-6-15-10-16(22-3)12-17(11-15)23-4/h5-12H,1-4H3,(H,20,21)/b8-6+. The molecule has 0 spiro atoms. The van der Waals surface area contributed by atoms with Crippen LogP contribution in [0.2, 0.25) is 0 Å². The minimum absolute atomic E-state index is 0.182. The van der Waals surface area contributed by atoms with Gasteiger partial charge in [0.25, 0.3) is 0 Å². The Hall–Kier alpha value is -2.75. The lowest BCUT2D eigenvalue weighted by Crippen LogP contribution is -2.08. The molecular weight excluding hydrogens is 290 g/mol. The van der Waals surface area contributed by atoms with Gasteiger partial charge in [-0.2, -0.15) is 0 Å². The summed E-state index contributed by atoms with van der Waals surface area (Å²) in [5.74, 6) is 1.18. The summed E-state index contributed by atoms with van der Waals surface area (Å²) in [5, 5.41) is 2.88. The molecule has 2 rings (SSSR count). The summed E-state index contributed by atoms with van der Waals surface area (Å²) in [6, 6.07) is 11.4. The molecule has 0 aromatic heterocycles. The van der Waals surface area contributed by atoms with Gasteiger partial charge in [0.15, 0.2) is 0 Å². The summed E-state index contributed by atoms with van der Waals surface area (Å²) in [6.45, 7) is 3.99. The van der Waals surface area contributed by atoms with Crippen molar-refractivity contribution in [1.29, 1.82) is 0 Å². The fourth-order valence-corrected chi connectivity index (χ4v) is 2.23. The van der Waals surface area contributed by atoms with Crippen LogP contribution in [0.3, 0.4) is 0 Å². The molecule has 4 heteroatoms. The van der Waals surface area contributed by atoms with Crippen LogP contribution >= 0.6 is 0 Å².